The molecule has 90 valence electrons. The normalized spacial score (nSPS) is 24.4. The van der Waals surface area contributed by atoms with E-state index in [1.807, 2.05) is 7.05 Å². The largest absolute Gasteiger partial charge is 0.322 e. The Hall–Kier alpha value is -0.540. The van der Waals surface area contributed by atoms with Gasteiger partial charge in [-0.25, -0.2) is 0 Å². The Balaban J connectivity index is 2.33. The molecule has 1 aromatic heterocycles. The number of aromatic nitrogens is 2. The zero-order valence-electron chi connectivity index (χ0n) is 10.6. The van der Waals surface area contributed by atoms with Gasteiger partial charge in [-0.05, 0) is 16.7 Å². The standard InChI is InChI=1S/C12H20ClN3/c1-11(2)10(12(11,3)4)8(14)9-7(13)6-15-16(9)5/h6,8,10H,14H2,1-5H3. The second-order valence-corrected chi connectivity index (χ2v) is 6.36. The zero-order chi connectivity index (χ0) is 12.3. The summed E-state index contributed by atoms with van der Waals surface area (Å²) in [5.41, 5.74) is 7.83. The van der Waals surface area contributed by atoms with Crippen LogP contribution in [0.5, 0.6) is 0 Å². The van der Waals surface area contributed by atoms with Crippen LogP contribution in [0.1, 0.15) is 39.4 Å². The van der Waals surface area contributed by atoms with E-state index in [1.54, 1.807) is 10.9 Å². The van der Waals surface area contributed by atoms with Gasteiger partial charge in [0.15, 0.2) is 0 Å². The van der Waals surface area contributed by atoms with Crippen molar-refractivity contribution in [3.63, 3.8) is 0 Å². The van der Waals surface area contributed by atoms with Gasteiger partial charge in [-0.1, -0.05) is 39.3 Å². The van der Waals surface area contributed by atoms with E-state index in [2.05, 4.69) is 32.8 Å². The molecule has 0 saturated heterocycles. The van der Waals surface area contributed by atoms with Gasteiger partial charge in [0.1, 0.15) is 0 Å². The zero-order valence-corrected chi connectivity index (χ0v) is 11.3. The Kier molecular flexibility index (Phi) is 2.41. The first-order valence-corrected chi connectivity index (χ1v) is 6.02. The fourth-order valence-corrected chi connectivity index (χ4v) is 3.39. The lowest BCUT2D eigenvalue weighted by molar-refractivity contribution is 0.457. The molecule has 1 aliphatic carbocycles. The Labute approximate surface area is 102 Å². The molecule has 4 heteroatoms. The van der Waals surface area contributed by atoms with Crippen LogP contribution in [0.15, 0.2) is 6.20 Å². The van der Waals surface area contributed by atoms with E-state index in [0.717, 1.165) is 5.69 Å². The molecule has 1 aromatic rings. The maximum absolute atomic E-state index is 6.35. The molecule has 3 nitrogen and oxygen atoms in total. The van der Waals surface area contributed by atoms with Crippen LogP contribution in [0.2, 0.25) is 5.02 Å². The lowest BCUT2D eigenvalue weighted by Crippen LogP contribution is -2.20. The first kappa shape index (κ1) is 11.9. The number of hydrogen-bond acceptors (Lipinski definition) is 2. The number of aryl methyl sites for hydroxylation is 1. The van der Waals surface area contributed by atoms with Crippen LogP contribution in [0, 0.1) is 16.7 Å². The summed E-state index contributed by atoms with van der Waals surface area (Å²) in [4.78, 5) is 0. The fraction of sp³-hybridized carbons (Fsp3) is 0.750. The molecule has 0 spiro atoms. The minimum atomic E-state index is -0.0370. The quantitative estimate of drug-likeness (QED) is 0.865. The van der Waals surface area contributed by atoms with Crippen LogP contribution in [-0.4, -0.2) is 9.78 Å². The van der Waals surface area contributed by atoms with Crippen molar-refractivity contribution in [2.45, 2.75) is 33.7 Å². The summed E-state index contributed by atoms with van der Waals surface area (Å²) in [7, 11) is 1.89. The third kappa shape index (κ3) is 1.34. The Bertz CT molecular complexity index is 386. The van der Waals surface area contributed by atoms with Gasteiger partial charge in [0, 0.05) is 7.05 Å². The summed E-state index contributed by atoms with van der Waals surface area (Å²) >= 11 is 6.13. The molecule has 1 atom stereocenters. The number of halogens is 1. The highest BCUT2D eigenvalue weighted by Crippen LogP contribution is 2.71. The topological polar surface area (TPSA) is 43.8 Å². The van der Waals surface area contributed by atoms with E-state index < -0.39 is 0 Å². The highest BCUT2D eigenvalue weighted by molar-refractivity contribution is 6.31. The van der Waals surface area contributed by atoms with Crippen molar-refractivity contribution in [2.75, 3.05) is 0 Å². The molecule has 0 aromatic carbocycles. The minimum absolute atomic E-state index is 0.0370. The number of hydrogen-bond donors (Lipinski definition) is 1. The molecule has 1 fully saturated rings. The van der Waals surface area contributed by atoms with Crippen molar-refractivity contribution in [3.8, 4) is 0 Å². The third-order valence-corrected chi connectivity index (χ3v) is 5.04. The Morgan fingerprint density at radius 1 is 1.38 bits per heavy atom. The number of nitrogens with two attached hydrogens (primary N) is 1. The van der Waals surface area contributed by atoms with Crippen LogP contribution >= 0.6 is 11.6 Å². The predicted molar refractivity (Wildman–Crippen MR) is 66.2 cm³/mol. The Morgan fingerprint density at radius 3 is 2.19 bits per heavy atom. The molecule has 0 amide bonds. The highest BCUT2D eigenvalue weighted by atomic mass is 35.5. The second-order valence-electron chi connectivity index (χ2n) is 5.95. The summed E-state index contributed by atoms with van der Waals surface area (Å²) in [5.74, 6) is 0.452. The van der Waals surface area contributed by atoms with Crippen molar-refractivity contribution in [2.24, 2.45) is 29.5 Å². The molecular weight excluding hydrogens is 222 g/mol. The number of rotatable bonds is 2. The van der Waals surface area contributed by atoms with Crippen LogP contribution in [0.25, 0.3) is 0 Å². The summed E-state index contributed by atoms with van der Waals surface area (Å²) in [6, 6.07) is -0.0370. The molecule has 0 bridgehead atoms. The van der Waals surface area contributed by atoms with Crippen LogP contribution < -0.4 is 5.73 Å². The van der Waals surface area contributed by atoms with Gasteiger partial charge in [0.05, 0.1) is 23.0 Å². The summed E-state index contributed by atoms with van der Waals surface area (Å²) < 4.78 is 1.79. The lowest BCUT2D eigenvalue weighted by Gasteiger charge is -2.15. The molecule has 1 aliphatic rings. The molecule has 2 N–H and O–H groups in total. The van der Waals surface area contributed by atoms with Gasteiger partial charge in [-0.3, -0.25) is 4.68 Å². The van der Waals surface area contributed by atoms with Crippen molar-refractivity contribution >= 4 is 11.6 Å². The van der Waals surface area contributed by atoms with Crippen molar-refractivity contribution < 1.29 is 0 Å². The molecule has 1 unspecified atom stereocenters. The van der Waals surface area contributed by atoms with Gasteiger partial charge in [0.2, 0.25) is 0 Å². The van der Waals surface area contributed by atoms with E-state index in [-0.39, 0.29) is 16.9 Å². The SMILES string of the molecule is Cn1ncc(Cl)c1C(N)C1C(C)(C)C1(C)C. The summed E-state index contributed by atoms with van der Waals surface area (Å²) in [5, 5.41) is 4.82. The van der Waals surface area contributed by atoms with Crippen LogP contribution in [0.3, 0.4) is 0 Å². The third-order valence-electron chi connectivity index (χ3n) is 4.74. The monoisotopic (exact) mass is 241 g/mol. The van der Waals surface area contributed by atoms with E-state index in [4.69, 9.17) is 17.3 Å². The average Bonchev–Trinajstić information content (AvgIpc) is 2.39. The summed E-state index contributed by atoms with van der Waals surface area (Å²) in [6.45, 7) is 9.06. The molecule has 1 heterocycles. The lowest BCUT2D eigenvalue weighted by atomic mass is 10.0. The fourth-order valence-electron chi connectivity index (χ4n) is 3.10. The average molecular weight is 242 g/mol. The maximum Gasteiger partial charge on any atom is 0.0834 e. The van der Waals surface area contributed by atoms with Crippen molar-refractivity contribution in [1.29, 1.82) is 0 Å². The number of nitrogens with zero attached hydrogens (tertiary/aromatic N) is 2. The van der Waals surface area contributed by atoms with E-state index in [0.29, 0.717) is 10.9 Å². The van der Waals surface area contributed by atoms with Gasteiger partial charge >= 0.3 is 0 Å². The maximum atomic E-state index is 6.35. The second kappa shape index (κ2) is 3.23. The molecule has 16 heavy (non-hydrogen) atoms. The van der Waals surface area contributed by atoms with Crippen molar-refractivity contribution in [3.05, 3.63) is 16.9 Å². The molecule has 0 radical (unpaired) electrons. The van der Waals surface area contributed by atoms with E-state index in [1.165, 1.54) is 0 Å². The first-order valence-electron chi connectivity index (χ1n) is 5.64. The van der Waals surface area contributed by atoms with E-state index >= 15 is 0 Å². The molecular formula is C12H20ClN3. The van der Waals surface area contributed by atoms with Gasteiger partial charge in [-0.15, -0.1) is 0 Å². The smallest absolute Gasteiger partial charge is 0.0834 e. The van der Waals surface area contributed by atoms with Gasteiger partial charge < -0.3 is 5.73 Å². The Morgan fingerprint density at radius 2 is 1.88 bits per heavy atom. The highest BCUT2D eigenvalue weighted by Gasteiger charge is 2.67. The molecule has 1 saturated carbocycles. The molecule has 0 aliphatic heterocycles. The van der Waals surface area contributed by atoms with Gasteiger partial charge in [-0.2, -0.15) is 5.10 Å². The van der Waals surface area contributed by atoms with Crippen LogP contribution in [0.4, 0.5) is 0 Å². The first-order chi connectivity index (χ1) is 7.21. The molecule has 2 rings (SSSR count). The van der Waals surface area contributed by atoms with Gasteiger partial charge in [0.25, 0.3) is 0 Å². The predicted octanol–water partition coefficient (Wildman–Crippen LogP) is 2.76. The summed E-state index contributed by atoms with van der Waals surface area (Å²) in [6.07, 6.45) is 1.67. The minimum Gasteiger partial charge on any atom is -0.322 e. The van der Waals surface area contributed by atoms with E-state index in [9.17, 15) is 0 Å². The van der Waals surface area contributed by atoms with Crippen molar-refractivity contribution in [1.82, 2.24) is 9.78 Å². The van der Waals surface area contributed by atoms with Crippen LogP contribution in [-0.2, 0) is 7.05 Å².